The number of benzene rings is 1. The molecule has 0 aliphatic rings. The minimum Gasteiger partial charge on any atom is -0.468 e. The van der Waals surface area contributed by atoms with E-state index in [9.17, 15) is 9.59 Å². The molecule has 0 fully saturated rings. The third kappa shape index (κ3) is 2.24. The highest BCUT2D eigenvalue weighted by molar-refractivity contribution is 6.31. The van der Waals surface area contributed by atoms with Crippen LogP contribution >= 0.6 is 11.6 Å². The van der Waals surface area contributed by atoms with Crippen LogP contribution in [0.5, 0.6) is 0 Å². The first-order valence-corrected chi connectivity index (χ1v) is 5.77. The van der Waals surface area contributed by atoms with Crippen molar-refractivity contribution in [3.05, 3.63) is 45.2 Å². The summed E-state index contributed by atoms with van der Waals surface area (Å²) in [5.74, 6) is -0.366. The SMILES string of the molecule is COC(=O)Cn1ccc(=O)c2cc(Cl)cc(C)c21. The molecular weight excluding hydrogens is 254 g/mol. The van der Waals surface area contributed by atoms with Gasteiger partial charge in [-0.3, -0.25) is 9.59 Å². The van der Waals surface area contributed by atoms with E-state index in [1.54, 1.807) is 22.9 Å². The monoisotopic (exact) mass is 265 g/mol. The van der Waals surface area contributed by atoms with Gasteiger partial charge in [0.25, 0.3) is 0 Å². The second-order valence-corrected chi connectivity index (χ2v) is 4.44. The maximum Gasteiger partial charge on any atom is 0.325 e. The maximum atomic E-state index is 11.8. The molecule has 0 spiro atoms. The van der Waals surface area contributed by atoms with E-state index in [1.807, 2.05) is 6.92 Å². The Labute approximate surface area is 109 Å². The van der Waals surface area contributed by atoms with Gasteiger partial charge in [0.15, 0.2) is 5.43 Å². The van der Waals surface area contributed by atoms with Crippen LogP contribution in [0, 0.1) is 6.92 Å². The van der Waals surface area contributed by atoms with Crippen LogP contribution in [0.25, 0.3) is 10.9 Å². The van der Waals surface area contributed by atoms with Crippen molar-refractivity contribution in [1.29, 1.82) is 0 Å². The number of hydrogen-bond acceptors (Lipinski definition) is 3. The van der Waals surface area contributed by atoms with Crippen LogP contribution in [0.4, 0.5) is 0 Å². The molecule has 0 aliphatic heterocycles. The number of pyridine rings is 1. The van der Waals surface area contributed by atoms with Crippen molar-refractivity contribution >= 4 is 28.5 Å². The lowest BCUT2D eigenvalue weighted by Crippen LogP contribution is -2.15. The number of carbonyl (C=O) groups is 1. The molecule has 94 valence electrons. The number of ether oxygens (including phenoxy) is 1. The number of esters is 1. The second-order valence-electron chi connectivity index (χ2n) is 4.00. The molecule has 2 rings (SSSR count). The van der Waals surface area contributed by atoms with Gasteiger partial charge in [-0.1, -0.05) is 11.6 Å². The van der Waals surface area contributed by atoms with Gasteiger partial charge in [-0.2, -0.15) is 0 Å². The number of aryl methyl sites for hydroxylation is 1. The van der Waals surface area contributed by atoms with Crippen LogP contribution in [0.2, 0.25) is 5.02 Å². The van der Waals surface area contributed by atoms with Crippen LogP contribution in [-0.2, 0) is 16.1 Å². The third-order valence-corrected chi connectivity index (χ3v) is 2.97. The van der Waals surface area contributed by atoms with Gasteiger partial charge in [0.2, 0.25) is 0 Å². The van der Waals surface area contributed by atoms with Gasteiger partial charge in [-0.05, 0) is 24.6 Å². The summed E-state index contributed by atoms with van der Waals surface area (Å²) in [4.78, 5) is 23.1. The van der Waals surface area contributed by atoms with Gasteiger partial charge in [-0.25, -0.2) is 0 Å². The number of rotatable bonds is 2. The van der Waals surface area contributed by atoms with E-state index >= 15 is 0 Å². The van der Waals surface area contributed by atoms with Crippen LogP contribution < -0.4 is 5.43 Å². The molecule has 1 aromatic carbocycles. The Balaban J connectivity index is 2.73. The predicted octanol–water partition coefficient (Wildman–Crippen LogP) is 2.14. The average molecular weight is 266 g/mol. The zero-order chi connectivity index (χ0) is 13.3. The Morgan fingerprint density at radius 1 is 1.44 bits per heavy atom. The average Bonchev–Trinajstić information content (AvgIpc) is 2.32. The molecule has 4 nitrogen and oxygen atoms in total. The molecule has 0 aliphatic carbocycles. The molecule has 0 amide bonds. The quantitative estimate of drug-likeness (QED) is 0.782. The highest BCUT2D eigenvalue weighted by Gasteiger charge is 2.10. The minimum absolute atomic E-state index is 0.0652. The number of fused-ring (bicyclic) bond motifs is 1. The molecule has 1 aromatic heterocycles. The Bertz CT molecular complexity index is 676. The molecule has 0 saturated heterocycles. The normalized spacial score (nSPS) is 10.6. The van der Waals surface area contributed by atoms with Gasteiger partial charge in [-0.15, -0.1) is 0 Å². The van der Waals surface area contributed by atoms with Gasteiger partial charge in [0.1, 0.15) is 6.54 Å². The van der Waals surface area contributed by atoms with Crippen LogP contribution in [-0.4, -0.2) is 17.6 Å². The first kappa shape index (κ1) is 12.6. The predicted molar refractivity (Wildman–Crippen MR) is 70.0 cm³/mol. The maximum absolute atomic E-state index is 11.8. The molecule has 2 aromatic rings. The summed E-state index contributed by atoms with van der Waals surface area (Å²) >= 11 is 5.94. The van der Waals surface area contributed by atoms with Crippen LogP contribution in [0.3, 0.4) is 0 Å². The zero-order valence-corrected chi connectivity index (χ0v) is 10.8. The number of nitrogens with zero attached hydrogens (tertiary/aromatic N) is 1. The molecule has 0 unspecified atom stereocenters. The fourth-order valence-electron chi connectivity index (χ4n) is 1.96. The topological polar surface area (TPSA) is 48.3 Å². The summed E-state index contributed by atoms with van der Waals surface area (Å²) in [5.41, 5.74) is 1.44. The van der Waals surface area contributed by atoms with Crippen LogP contribution in [0.1, 0.15) is 5.56 Å². The largest absolute Gasteiger partial charge is 0.468 e. The molecule has 18 heavy (non-hydrogen) atoms. The molecule has 1 heterocycles. The van der Waals surface area contributed by atoms with Crippen molar-refractivity contribution in [3.63, 3.8) is 0 Å². The van der Waals surface area contributed by atoms with Gasteiger partial charge >= 0.3 is 5.97 Å². The van der Waals surface area contributed by atoms with E-state index < -0.39 is 0 Å². The Morgan fingerprint density at radius 2 is 2.17 bits per heavy atom. The lowest BCUT2D eigenvalue weighted by Gasteiger charge is -2.12. The third-order valence-electron chi connectivity index (χ3n) is 2.75. The number of halogens is 1. The molecule has 0 N–H and O–H groups in total. The first-order valence-electron chi connectivity index (χ1n) is 5.39. The minimum atomic E-state index is -0.366. The van der Waals surface area contributed by atoms with Crippen LogP contribution in [0.15, 0.2) is 29.2 Å². The van der Waals surface area contributed by atoms with E-state index in [4.69, 9.17) is 11.6 Å². The lowest BCUT2D eigenvalue weighted by molar-refractivity contribution is -0.141. The van der Waals surface area contributed by atoms with Crippen molar-refractivity contribution in [2.75, 3.05) is 7.11 Å². The number of carbonyl (C=O) groups excluding carboxylic acids is 1. The molecule has 0 bridgehead atoms. The van der Waals surface area contributed by atoms with E-state index in [-0.39, 0.29) is 17.9 Å². The summed E-state index contributed by atoms with van der Waals surface area (Å²) in [5, 5.41) is 1.01. The second kappa shape index (κ2) is 4.82. The molecular formula is C13H12ClNO3. The Kier molecular flexibility index (Phi) is 3.39. The molecule has 0 saturated carbocycles. The molecule has 0 atom stereocenters. The number of hydrogen-bond donors (Lipinski definition) is 0. The van der Waals surface area contributed by atoms with Gasteiger partial charge in [0.05, 0.1) is 12.6 Å². The van der Waals surface area contributed by atoms with Crippen molar-refractivity contribution in [2.45, 2.75) is 13.5 Å². The molecule has 0 radical (unpaired) electrons. The van der Waals surface area contributed by atoms with Crippen molar-refractivity contribution < 1.29 is 9.53 Å². The fraction of sp³-hybridized carbons (Fsp3) is 0.231. The lowest BCUT2D eigenvalue weighted by atomic mass is 10.1. The van der Waals surface area contributed by atoms with Gasteiger partial charge in [0, 0.05) is 22.7 Å². The van der Waals surface area contributed by atoms with E-state index in [2.05, 4.69) is 4.74 Å². The summed E-state index contributed by atoms with van der Waals surface area (Å²) in [7, 11) is 1.33. The van der Waals surface area contributed by atoms with E-state index in [0.717, 1.165) is 5.56 Å². The smallest absolute Gasteiger partial charge is 0.325 e. The fourth-order valence-corrected chi connectivity index (χ4v) is 2.23. The zero-order valence-electron chi connectivity index (χ0n) is 10.1. The van der Waals surface area contributed by atoms with Gasteiger partial charge < -0.3 is 9.30 Å². The Morgan fingerprint density at radius 3 is 2.83 bits per heavy atom. The first-order chi connectivity index (χ1) is 8.52. The summed E-state index contributed by atoms with van der Waals surface area (Å²) in [6.45, 7) is 1.91. The van der Waals surface area contributed by atoms with Crippen molar-refractivity contribution in [2.24, 2.45) is 0 Å². The summed E-state index contributed by atoms with van der Waals surface area (Å²) in [6.07, 6.45) is 1.59. The number of methoxy groups -OCH3 is 1. The summed E-state index contributed by atoms with van der Waals surface area (Å²) in [6, 6.07) is 4.79. The van der Waals surface area contributed by atoms with Crippen molar-refractivity contribution in [3.8, 4) is 0 Å². The van der Waals surface area contributed by atoms with E-state index in [0.29, 0.717) is 15.9 Å². The van der Waals surface area contributed by atoms with Crippen molar-refractivity contribution in [1.82, 2.24) is 4.57 Å². The number of aromatic nitrogens is 1. The summed E-state index contributed by atoms with van der Waals surface area (Å²) < 4.78 is 6.32. The highest BCUT2D eigenvalue weighted by Crippen LogP contribution is 2.21. The Hall–Kier alpha value is -1.81. The molecule has 5 heteroatoms. The standard InChI is InChI=1S/C13H12ClNO3/c1-8-5-9(14)6-10-11(16)3-4-15(13(8)10)7-12(17)18-2/h3-6H,7H2,1-2H3. The highest BCUT2D eigenvalue weighted by atomic mass is 35.5. The van der Waals surface area contributed by atoms with E-state index in [1.165, 1.54) is 13.2 Å².